The average molecular weight is 142 g/mol. The summed E-state index contributed by atoms with van der Waals surface area (Å²) in [5, 5.41) is 0. The lowest BCUT2D eigenvalue weighted by Gasteiger charge is -2.02. The van der Waals surface area contributed by atoms with Crippen molar-refractivity contribution in [3.63, 3.8) is 0 Å². The molecule has 1 unspecified atom stereocenters. The molecule has 0 aliphatic rings. The molecule has 1 nitrogen and oxygen atoms in total. The van der Waals surface area contributed by atoms with E-state index in [9.17, 15) is 0 Å². The highest BCUT2D eigenvalue weighted by Gasteiger charge is 1.93. The quantitative estimate of drug-likeness (QED) is 0.566. The smallest absolute Gasteiger partial charge is 0.00419 e. The molecule has 1 radical (unpaired) electrons. The highest BCUT2D eigenvalue weighted by Crippen LogP contribution is 2.04. The molecular weight excluding hydrogens is 122 g/mol. The third-order valence-corrected chi connectivity index (χ3v) is 1.60. The van der Waals surface area contributed by atoms with Crippen LogP contribution in [0.25, 0.3) is 0 Å². The normalized spacial score (nSPS) is 13.5. The van der Waals surface area contributed by atoms with Gasteiger partial charge in [-0.1, -0.05) is 32.6 Å². The van der Waals surface area contributed by atoms with Crippen molar-refractivity contribution in [1.82, 2.24) is 0 Å². The van der Waals surface area contributed by atoms with Gasteiger partial charge in [0.2, 0.25) is 0 Å². The molecular formula is C9H20N. The Hall–Kier alpha value is -0.0400. The van der Waals surface area contributed by atoms with Crippen molar-refractivity contribution in [3.8, 4) is 0 Å². The van der Waals surface area contributed by atoms with Crippen LogP contribution < -0.4 is 5.73 Å². The highest BCUT2D eigenvalue weighted by molar-refractivity contribution is 4.74. The van der Waals surface area contributed by atoms with Gasteiger partial charge in [-0.25, -0.2) is 0 Å². The molecule has 0 heterocycles. The average Bonchev–Trinajstić information content (AvgIpc) is 1.87. The fourth-order valence-electron chi connectivity index (χ4n) is 0.952. The van der Waals surface area contributed by atoms with Crippen LogP contribution in [0.15, 0.2) is 0 Å². The topological polar surface area (TPSA) is 26.0 Å². The summed E-state index contributed by atoms with van der Waals surface area (Å²) in [6.45, 7) is 4.26. The Labute approximate surface area is 65.0 Å². The zero-order valence-electron chi connectivity index (χ0n) is 7.27. The SMILES string of the molecule is CCCCCC[CH]C(C)N. The maximum Gasteiger partial charge on any atom is 0.00419 e. The summed E-state index contributed by atoms with van der Waals surface area (Å²) in [6.07, 6.45) is 8.74. The Bertz CT molecular complexity index is 59.7. The molecule has 0 aliphatic heterocycles. The van der Waals surface area contributed by atoms with Gasteiger partial charge in [0.15, 0.2) is 0 Å². The first-order valence-electron chi connectivity index (χ1n) is 4.36. The third kappa shape index (κ3) is 7.96. The third-order valence-electron chi connectivity index (χ3n) is 1.60. The maximum absolute atomic E-state index is 5.55. The largest absolute Gasteiger partial charge is 0.328 e. The van der Waals surface area contributed by atoms with Crippen LogP contribution in [0.3, 0.4) is 0 Å². The van der Waals surface area contributed by atoms with Gasteiger partial charge in [0.1, 0.15) is 0 Å². The van der Waals surface area contributed by atoms with Gasteiger partial charge in [0.05, 0.1) is 0 Å². The molecule has 0 aliphatic carbocycles. The van der Waals surface area contributed by atoms with Crippen LogP contribution in [0.1, 0.15) is 46.0 Å². The summed E-state index contributed by atoms with van der Waals surface area (Å²) in [5.74, 6) is 0. The lowest BCUT2D eigenvalue weighted by atomic mass is 10.1. The molecule has 0 saturated heterocycles. The zero-order chi connectivity index (χ0) is 7.82. The fraction of sp³-hybridized carbons (Fsp3) is 0.889. The second-order valence-electron chi connectivity index (χ2n) is 2.94. The van der Waals surface area contributed by atoms with Gasteiger partial charge in [-0.3, -0.25) is 0 Å². The molecule has 1 heteroatoms. The standard InChI is InChI=1S/C9H20N/c1-3-4-5-6-7-8-9(2)10/h8-9H,3-7,10H2,1-2H3. The van der Waals surface area contributed by atoms with Crippen molar-refractivity contribution in [2.75, 3.05) is 0 Å². The number of unbranched alkanes of at least 4 members (excludes halogenated alkanes) is 4. The van der Waals surface area contributed by atoms with E-state index in [-0.39, 0.29) is 6.04 Å². The van der Waals surface area contributed by atoms with Crippen molar-refractivity contribution < 1.29 is 0 Å². The van der Waals surface area contributed by atoms with Crippen LogP contribution >= 0.6 is 0 Å². The molecule has 10 heavy (non-hydrogen) atoms. The second kappa shape index (κ2) is 7.07. The van der Waals surface area contributed by atoms with E-state index >= 15 is 0 Å². The van der Waals surface area contributed by atoms with Crippen molar-refractivity contribution in [2.24, 2.45) is 5.73 Å². The minimum atomic E-state index is 0.279. The molecule has 1 atom stereocenters. The van der Waals surface area contributed by atoms with Gasteiger partial charge in [-0.2, -0.15) is 0 Å². The minimum Gasteiger partial charge on any atom is -0.328 e. The molecule has 0 aromatic rings. The lowest BCUT2D eigenvalue weighted by molar-refractivity contribution is 0.641. The van der Waals surface area contributed by atoms with Gasteiger partial charge in [0.25, 0.3) is 0 Å². The number of rotatable bonds is 6. The van der Waals surface area contributed by atoms with E-state index in [2.05, 4.69) is 13.3 Å². The lowest BCUT2D eigenvalue weighted by Crippen LogP contribution is -2.14. The van der Waals surface area contributed by atoms with Gasteiger partial charge in [0, 0.05) is 6.04 Å². The van der Waals surface area contributed by atoms with Crippen LogP contribution in [-0.4, -0.2) is 6.04 Å². The van der Waals surface area contributed by atoms with Crippen molar-refractivity contribution in [1.29, 1.82) is 0 Å². The van der Waals surface area contributed by atoms with Crippen LogP contribution in [0.4, 0.5) is 0 Å². The molecule has 61 valence electrons. The highest BCUT2D eigenvalue weighted by atomic mass is 14.6. The minimum absolute atomic E-state index is 0.279. The molecule has 0 spiro atoms. The van der Waals surface area contributed by atoms with E-state index in [4.69, 9.17) is 5.73 Å². The summed E-state index contributed by atoms with van der Waals surface area (Å²) < 4.78 is 0. The molecule has 0 bridgehead atoms. The molecule has 2 N–H and O–H groups in total. The van der Waals surface area contributed by atoms with Crippen LogP contribution in [0.2, 0.25) is 0 Å². The Morgan fingerprint density at radius 1 is 1.30 bits per heavy atom. The second-order valence-corrected chi connectivity index (χ2v) is 2.94. The first-order chi connectivity index (χ1) is 4.77. The Balaban J connectivity index is 2.77. The Morgan fingerprint density at radius 3 is 2.50 bits per heavy atom. The van der Waals surface area contributed by atoms with E-state index in [0.29, 0.717) is 0 Å². The summed E-state index contributed by atoms with van der Waals surface area (Å²) in [5.41, 5.74) is 5.55. The van der Waals surface area contributed by atoms with Crippen molar-refractivity contribution >= 4 is 0 Å². The summed E-state index contributed by atoms with van der Waals surface area (Å²) in [7, 11) is 0. The van der Waals surface area contributed by atoms with Crippen molar-refractivity contribution in [2.45, 2.75) is 52.0 Å². The maximum atomic E-state index is 5.55. The summed E-state index contributed by atoms with van der Waals surface area (Å²) in [4.78, 5) is 0. The molecule has 0 rings (SSSR count). The van der Waals surface area contributed by atoms with Crippen LogP contribution in [0.5, 0.6) is 0 Å². The molecule has 0 aromatic heterocycles. The zero-order valence-corrected chi connectivity index (χ0v) is 7.27. The fourth-order valence-corrected chi connectivity index (χ4v) is 0.952. The van der Waals surface area contributed by atoms with Crippen molar-refractivity contribution in [3.05, 3.63) is 6.42 Å². The number of hydrogen-bond donors (Lipinski definition) is 1. The van der Waals surface area contributed by atoms with Gasteiger partial charge >= 0.3 is 0 Å². The van der Waals surface area contributed by atoms with E-state index in [1.807, 2.05) is 6.92 Å². The van der Waals surface area contributed by atoms with Gasteiger partial charge in [-0.05, 0) is 19.8 Å². The van der Waals surface area contributed by atoms with Gasteiger partial charge in [-0.15, -0.1) is 0 Å². The van der Waals surface area contributed by atoms with E-state index in [1.54, 1.807) is 0 Å². The van der Waals surface area contributed by atoms with Gasteiger partial charge < -0.3 is 5.73 Å². The Morgan fingerprint density at radius 2 is 2.00 bits per heavy atom. The number of nitrogens with two attached hydrogens (primary N) is 1. The number of hydrogen-bond acceptors (Lipinski definition) is 1. The molecule has 0 fully saturated rings. The monoisotopic (exact) mass is 142 g/mol. The van der Waals surface area contributed by atoms with E-state index < -0.39 is 0 Å². The first kappa shape index (κ1) is 9.96. The van der Waals surface area contributed by atoms with Crippen LogP contribution in [-0.2, 0) is 0 Å². The first-order valence-corrected chi connectivity index (χ1v) is 4.36. The molecule has 0 saturated carbocycles. The van der Waals surface area contributed by atoms with E-state index in [0.717, 1.165) is 0 Å². The summed E-state index contributed by atoms with van der Waals surface area (Å²) >= 11 is 0. The Kier molecular flexibility index (Phi) is 7.04. The summed E-state index contributed by atoms with van der Waals surface area (Å²) in [6, 6.07) is 0.279. The van der Waals surface area contributed by atoms with E-state index in [1.165, 1.54) is 32.1 Å². The molecule has 0 aromatic carbocycles. The molecule has 0 amide bonds. The predicted molar refractivity (Wildman–Crippen MR) is 46.7 cm³/mol. The predicted octanol–water partition coefficient (Wildman–Crippen LogP) is 2.51. The van der Waals surface area contributed by atoms with Crippen LogP contribution in [0, 0.1) is 6.42 Å².